The minimum Gasteiger partial charge on any atom is -0.493 e. The van der Waals surface area contributed by atoms with Crippen molar-refractivity contribution in [1.82, 2.24) is 5.32 Å². The Morgan fingerprint density at radius 1 is 1.11 bits per heavy atom. The number of benzene rings is 1. The summed E-state index contributed by atoms with van der Waals surface area (Å²) in [5, 5.41) is 3.09. The van der Waals surface area contributed by atoms with Crippen molar-refractivity contribution in [2.45, 2.75) is 38.1 Å². The van der Waals surface area contributed by atoms with E-state index in [1.54, 1.807) is 32.4 Å². The van der Waals surface area contributed by atoms with Crippen LogP contribution in [0.5, 0.6) is 11.5 Å². The van der Waals surface area contributed by atoms with E-state index in [1.807, 2.05) is 0 Å². The minimum absolute atomic E-state index is 0.0344. The molecule has 0 spiro atoms. The van der Waals surface area contributed by atoms with Gasteiger partial charge in [-0.05, 0) is 31.0 Å². The summed E-state index contributed by atoms with van der Waals surface area (Å²) in [6.07, 6.45) is 5.86. The smallest absolute Gasteiger partial charge is 0.251 e. The number of amides is 1. The Bertz CT molecular complexity index is 439. The van der Waals surface area contributed by atoms with Crippen LogP contribution in [0.3, 0.4) is 0 Å². The molecule has 1 aliphatic carbocycles. The molecular weight excluding hydrogens is 242 g/mol. The first kappa shape index (κ1) is 13.7. The van der Waals surface area contributed by atoms with Gasteiger partial charge in [0, 0.05) is 11.6 Å². The van der Waals surface area contributed by atoms with Crippen molar-refractivity contribution in [3.8, 4) is 11.5 Å². The fraction of sp³-hybridized carbons (Fsp3) is 0.533. The van der Waals surface area contributed by atoms with E-state index in [4.69, 9.17) is 9.47 Å². The molecular formula is C15H21NO3. The molecule has 1 aromatic carbocycles. The van der Waals surface area contributed by atoms with E-state index in [2.05, 4.69) is 5.32 Å². The van der Waals surface area contributed by atoms with Gasteiger partial charge in [-0.15, -0.1) is 0 Å². The molecule has 0 saturated heterocycles. The lowest BCUT2D eigenvalue weighted by Crippen LogP contribution is -2.36. The quantitative estimate of drug-likeness (QED) is 0.908. The van der Waals surface area contributed by atoms with E-state index in [0.29, 0.717) is 23.1 Å². The van der Waals surface area contributed by atoms with Crippen molar-refractivity contribution in [2.75, 3.05) is 14.2 Å². The summed E-state index contributed by atoms with van der Waals surface area (Å²) in [4.78, 5) is 12.2. The summed E-state index contributed by atoms with van der Waals surface area (Å²) in [6, 6.07) is 5.56. The zero-order chi connectivity index (χ0) is 13.7. The van der Waals surface area contributed by atoms with Gasteiger partial charge >= 0.3 is 0 Å². The largest absolute Gasteiger partial charge is 0.493 e. The molecule has 0 bridgehead atoms. The Balaban J connectivity index is 2.05. The van der Waals surface area contributed by atoms with Crippen LogP contribution in [0.25, 0.3) is 0 Å². The second-order valence-corrected chi connectivity index (χ2v) is 4.88. The molecule has 0 radical (unpaired) electrons. The third-order valence-electron chi connectivity index (χ3n) is 3.59. The minimum atomic E-state index is -0.0344. The van der Waals surface area contributed by atoms with Crippen LogP contribution in [-0.2, 0) is 0 Å². The van der Waals surface area contributed by atoms with Crippen molar-refractivity contribution in [2.24, 2.45) is 0 Å². The summed E-state index contributed by atoms with van der Waals surface area (Å²) >= 11 is 0. The first-order valence-electron chi connectivity index (χ1n) is 6.77. The Morgan fingerprint density at radius 3 is 2.42 bits per heavy atom. The third-order valence-corrected chi connectivity index (χ3v) is 3.59. The second kappa shape index (κ2) is 6.45. The predicted octanol–water partition coefficient (Wildman–Crippen LogP) is 2.77. The van der Waals surface area contributed by atoms with Gasteiger partial charge in [-0.1, -0.05) is 19.3 Å². The number of ether oxygens (including phenoxy) is 2. The van der Waals surface area contributed by atoms with Gasteiger partial charge in [-0.25, -0.2) is 0 Å². The lowest BCUT2D eigenvalue weighted by atomic mass is 9.95. The van der Waals surface area contributed by atoms with Crippen molar-refractivity contribution in [3.05, 3.63) is 23.8 Å². The molecule has 0 aliphatic heterocycles. The highest BCUT2D eigenvalue weighted by atomic mass is 16.5. The van der Waals surface area contributed by atoms with Gasteiger partial charge < -0.3 is 14.8 Å². The Morgan fingerprint density at radius 2 is 1.79 bits per heavy atom. The Labute approximate surface area is 114 Å². The molecule has 0 aromatic heterocycles. The Hall–Kier alpha value is -1.71. The molecule has 1 aromatic rings. The maximum atomic E-state index is 12.2. The standard InChI is InChI=1S/C15H21NO3/c1-18-13-9-8-11(10-14(13)19-2)15(17)16-12-6-4-3-5-7-12/h8-10,12H,3-7H2,1-2H3,(H,16,17). The van der Waals surface area contributed by atoms with E-state index in [9.17, 15) is 4.79 Å². The van der Waals surface area contributed by atoms with Crippen molar-refractivity contribution >= 4 is 5.91 Å². The normalized spacial score (nSPS) is 15.9. The van der Waals surface area contributed by atoms with E-state index in [-0.39, 0.29) is 5.91 Å². The highest BCUT2D eigenvalue weighted by Gasteiger charge is 2.17. The molecule has 1 saturated carbocycles. The van der Waals surface area contributed by atoms with Crippen molar-refractivity contribution in [3.63, 3.8) is 0 Å². The lowest BCUT2D eigenvalue weighted by molar-refractivity contribution is 0.0927. The first-order valence-corrected chi connectivity index (χ1v) is 6.77. The average Bonchev–Trinajstić information content (AvgIpc) is 2.47. The van der Waals surface area contributed by atoms with Gasteiger partial charge in [0.25, 0.3) is 5.91 Å². The van der Waals surface area contributed by atoms with E-state index in [0.717, 1.165) is 12.8 Å². The van der Waals surface area contributed by atoms with Crippen LogP contribution in [0, 0.1) is 0 Å². The van der Waals surface area contributed by atoms with Crippen LogP contribution in [0.15, 0.2) is 18.2 Å². The highest BCUT2D eigenvalue weighted by molar-refractivity contribution is 5.95. The van der Waals surface area contributed by atoms with Crippen LogP contribution in [0.1, 0.15) is 42.5 Å². The van der Waals surface area contributed by atoms with Crippen LogP contribution < -0.4 is 14.8 Å². The van der Waals surface area contributed by atoms with Gasteiger partial charge in [0.2, 0.25) is 0 Å². The van der Waals surface area contributed by atoms with Gasteiger partial charge in [0.1, 0.15) is 0 Å². The van der Waals surface area contributed by atoms with Crippen LogP contribution in [-0.4, -0.2) is 26.2 Å². The molecule has 0 atom stereocenters. The summed E-state index contributed by atoms with van der Waals surface area (Å²) in [5.41, 5.74) is 0.614. The number of nitrogens with one attached hydrogen (secondary N) is 1. The predicted molar refractivity (Wildman–Crippen MR) is 73.9 cm³/mol. The van der Waals surface area contributed by atoms with Gasteiger partial charge in [-0.3, -0.25) is 4.79 Å². The number of carbonyl (C=O) groups is 1. The first-order chi connectivity index (χ1) is 9.24. The average molecular weight is 263 g/mol. The number of rotatable bonds is 4. The number of hydrogen-bond acceptors (Lipinski definition) is 3. The van der Waals surface area contributed by atoms with Crippen molar-refractivity contribution in [1.29, 1.82) is 0 Å². The fourth-order valence-corrected chi connectivity index (χ4v) is 2.49. The molecule has 4 nitrogen and oxygen atoms in total. The number of methoxy groups -OCH3 is 2. The molecule has 1 amide bonds. The summed E-state index contributed by atoms with van der Waals surface area (Å²) in [7, 11) is 3.15. The molecule has 4 heteroatoms. The molecule has 1 aliphatic rings. The SMILES string of the molecule is COc1ccc(C(=O)NC2CCCCC2)cc1OC. The maximum absolute atomic E-state index is 12.2. The van der Waals surface area contributed by atoms with E-state index in [1.165, 1.54) is 19.3 Å². The molecule has 0 unspecified atom stereocenters. The zero-order valence-electron chi connectivity index (χ0n) is 11.6. The fourth-order valence-electron chi connectivity index (χ4n) is 2.49. The number of hydrogen-bond donors (Lipinski definition) is 1. The number of carbonyl (C=O) groups excluding carboxylic acids is 1. The molecule has 19 heavy (non-hydrogen) atoms. The Kier molecular flexibility index (Phi) is 4.66. The van der Waals surface area contributed by atoms with Crippen LogP contribution >= 0.6 is 0 Å². The summed E-state index contributed by atoms with van der Waals surface area (Å²) in [5.74, 6) is 1.18. The van der Waals surface area contributed by atoms with Crippen LogP contribution in [0.2, 0.25) is 0 Å². The highest BCUT2D eigenvalue weighted by Crippen LogP contribution is 2.27. The molecule has 2 rings (SSSR count). The molecule has 104 valence electrons. The molecule has 0 heterocycles. The third kappa shape index (κ3) is 3.40. The van der Waals surface area contributed by atoms with Gasteiger partial charge in [0.15, 0.2) is 11.5 Å². The summed E-state index contributed by atoms with van der Waals surface area (Å²) in [6.45, 7) is 0. The van der Waals surface area contributed by atoms with Gasteiger partial charge in [-0.2, -0.15) is 0 Å². The molecule has 1 fully saturated rings. The monoisotopic (exact) mass is 263 g/mol. The maximum Gasteiger partial charge on any atom is 0.251 e. The lowest BCUT2D eigenvalue weighted by Gasteiger charge is -2.22. The van der Waals surface area contributed by atoms with Gasteiger partial charge in [0.05, 0.1) is 14.2 Å². The van der Waals surface area contributed by atoms with E-state index >= 15 is 0 Å². The summed E-state index contributed by atoms with van der Waals surface area (Å²) < 4.78 is 10.4. The van der Waals surface area contributed by atoms with Crippen LogP contribution in [0.4, 0.5) is 0 Å². The second-order valence-electron chi connectivity index (χ2n) is 4.88. The molecule has 1 N–H and O–H groups in total. The topological polar surface area (TPSA) is 47.6 Å². The van der Waals surface area contributed by atoms with E-state index < -0.39 is 0 Å². The van der Waals surface area contributed by atoms with Crippen molar-refractivity contribution < 1.29 is 14.3 Å². The zero-order valence-corrected chi connectivity index (χ0v) is 11.6.